The Morgan fingerprint density at radius 2 is 2.29 bits per heavy atom. The first kappa shape index (κ1) is 13.1. The minimum atomic E-state index is 0.0457. The smallest absolute Gasteiger partial charge is 0.209 e. The molecule has 2 aromatic rings. The molecule has 7 heteroatoms. The Bertz CT molecular complexity index is 494. The Morgan fingerprint density at radius 1 is 1.53 bits per heavy atom. The number of rotatable bonds is 4. The highest BCUT2D eigenvalue weighted by atomic mass is 79.9. The summed E-state index contributed by atoms with van der Waals surface area (Å²) in [7, 11) is 0. The molecule has 2 unspecified atom stereocenters. The van der Waals surface area contributed by atoms with Crippen LogP contribution in [0.15, 0.2) is 21.1 Å². The number of aromatic amines is 1. The first-order chi connectivity index (χ1) is 8.06. The zero-order chi connectivity index (χ0) is 12.4. The van der Waals surface area contributed by atoms with Gasteiger partial charge in [0.25, 0.3) is 0 Å². The number of H-pyrrole nitrogens is 1. The van der Waals surface area contributed by atoms with Gasteiger partial charge in [0.2, 0.25) is 5.16 Å². The highest BCUT2D eigenvalue weighted by molar-refractivity contribution is 9.11. The zero-order valence-corrected chi connectivity index (χ0v) is 12.7. The van der Waals surface area contributed by atoms with Crippen molar-refractivity contribution in [1.82, 2.24) is 15.2 Å². The van der Waals surface area contributed by atoms with Crippen LogP contribution in [0.1, 0.15) is 22.9 Å². The largest absolute Gasteiger partial charge is 0.327 e. The Kier molecular flexibility index (Phi) is 4.24. The lowest BCUT2D eigenvalue weighted by Gasteiger charge is -2.16. The van der Waals surface area contributed by atoms with Crippen LogP contribution in [-0.4, -0.2) is 21.2 Å². The van der Waals surface area contributed by atoms with Crippen molar-refractivity contribution in [2.45, 2.75) is 30.3 Å². The van der Waals surface area contributed by atoms with Gasteiger partial charge in [-0.15, -0.1) is 16.4 Å². The fourth-order valence-corrected chi connectivity index (χ4v) is 4.13. The molecule has 3 N–H and O–H groups in total. The van der Waals surface area contributed by atoms with Crippen LogP contribution in [-0.2, 0) is 0 Å². The van der Waals surface area contributed by atoms with E-state index in [1.165, 1.54) is 4.88 Å². The molecule has 2 atom stereocenters. The Morgan fingerprint density at radius 3 is 2.76 bits per heavy atom. The number of aryl methyl sites for hydroxylation is 1. The number of nitrogens with two attached hydrogens (primary N) is 1. The normalized spacial score (nSPS) is 14.8. The molecule has 0 amide bonds. The molecule has 0 saturated heterocycles. The minimum Gasteiger partial charge on any atom is -0.327 e. The summed E-state index contributed by atoms with van der Waals surface area (Å²) in [6, 6.07) is 4.18. The molecule has 0 aliphatic heterocycles. The van der Waals surface area contributed by atoms with Crippen molar-refractivity contribution in [1.29, 1.82) is 0 Å². The summed E-state index contributed by atoms with van der Waals surface area (Å²) < 4.78 is 1.12. The van der Waals surface area contributed by atoms with Crippen LogP contribution in [0.3, 0.4) is 0 Å². The van der Waals surface area contributed by atoms with E-state index in [0.717, 1.165) is 14.8 Å². The van der Waals surface area contributed by atoms with E-state index in [4.69, 9.17) is 5.73 Å². The van der Waals surface area contributed by atoms with Crippen molar-refractivity contribution in [2.24, 2.45) is 5.73 Å². The first-order valence-corrected chi connectivity index (χ1v) is 7.61. The summed E-state index contributed by atoms with van der Waals surface area (Å²) in [5, 5.41) is 7.90. The molecule has 0 spiro atoms. The maximum Gasteiger partial charge on any atom is 0.209 e. The monoisotopic (exact) mass is 332 g/mol. The third-order valence-electron chi connectivity index (χ3n) is 2.16. The summed E-state index contributed by atoms with van der Waals surface area (Å²) in [5.41, 5.74) is 6.04. The highest BCUT2D eigenvalue weighted by Crippen LogP contribution is 2.39. The van der Waals surface area contributed by atoms with Crippen LogP contribution in [0.25, 0.3) is 0 Å². The first-order valence-electron chi connectivity index (χ1n) is 5.12. The van der Waals surface area contributed by atoms with E-state index < -0.39 is 0 Å². The second-order valence-electron chi connectivity index (χ2n) is 3.74. The maximum absolute atomic E-state index is 6.04. The average molecular weight is 333 g/mol. The molecule has 0 bridgehead atoms. The van der Waals surface area contributed by atoms with Gasteiger partial charge < -0.3 is 5.73 Å². The standard InChI is InChI=1S/C10H13BrN4S2/c1-5(12)9(7-3-4-8(11)16-7)17-10-13-6(2)14-15-10/h3-5,9H,12H2,1-2H3,(H,13,14,15). The summed E-state index contributed by atoms with van der Waals surface area (Å²) in [5.74, 6) is 0.822. The maximum atomic E-state index is 6.04. The van der Waals surface area contributed by atoms with Gasteiger partial charge in [0.05, 0.1) is 9.04 Å². The van der Waals surface area contributed by atoms with Gasteiger partial charge in [-0.2, -0.15) is 0 Å². The number of nitrogens with zero attached hydrogens (tertiary/aromatic N) is 2. The lowest BCUT2D eigenvalue weighted by Crippen LogP contribution is -2.22. The van der Waals surface area contributed by atoms with E-state index in [-0.39, 0.29) is 11.3 Å². The van der Waals surface area contributed by atoms with Gasteiger partial charge in [0, 0.05) is 10.9 Å². The van der Waals surface area contributed by atoms with Gasteiger partial charge in [-0.05, 0) is 41.9 Å². The van der Waals surface area contributed by atoms with Crippen molar-refractivity contribution < 1.29 is 0 Å². The SMILES string of the molecule is Cc1nc(SC(c2ccc(Br)s2)C(C)N)n[nH]1. The molecular weight excluding hydrogens is 320 g/mol. The van der Waals surface area contributed by atoms with Crippen molar-refractivity contribution >= 4 is 39.0 Å². The third-order valence-corrected chi connectivity index (χ3v) is 5.35. The zero-order valence-electron chi connectivity index (χ0n) is 9.48. The number of halogens is 1. The third kappa shape index (κ3) is 3.31. The predicted octanol–water partition coefficient (Wildman–Crippen LogP) is 3.12. The fourth-order valence-electron chi connectivity index (χ4n) is 1.39. The molecule has 0 saturated carbocycles. The number of thioether (sulfide) groups is 1. The number of hydrogen-bond acceptors (Lipinski definition) is 5. The van der Waals surface area contributed by atoms with Gasteiger partial charge in [0.15, 0.2) is 0 Å². The van der Waals surface area contributed by atoms with Gasteiger partial charge in [0.1, 0.15) is 5.82 Å². The van der Waals surface area contributed by atoms with Crippen molar-refractivity contribution in [2.75, 3.05) is 0 Å². The van der Waals surface area contributed by atoms with Crippen LogP contribution in [0.2, 0.25) is 0 Å². The molecule has 92 valence electrons. The number of nitrogens with one attached hydrogen (secondary N) is 1. The molecule has 17 heavy (non-hydrogen) atoms. The van der Waals surface area contributed by atoms with Crippen LogP contribution < -0.4 is 5.73 Å². The number of aromatic nitrogens is 3. The molecule has 0 radical (unpaired) electrons. The van der Waals surface area contributed by atoms with Crippen molar-refractivity contribution in [3.8, 4) is 0 Å². The van der Waals surface area contributed by atoms with Gasteiger partial charge >= 0.3 is 0 Å². The molecule has 4 nitrogen and oxygen atoms in total. The Balaban J connectivity index is 2.18. The highest BCUT2D eigenvalue weighted by Gasteiger charge is 2.21. The lowest BCUT2D eigenvalue weighted by atomic mass is 10.2. The van der Waals surface area contributed by atoms with Gasteiger partial charge in [-0.3, -0.25) is 5.10 Å². The van der Waals surface area contributed by atoms with Gasteiger partial charge in [-0.1, -0.05) is 11.8 Å². The van der Waals surface area contributed by atoms with E-state index >= 15 is 0 Å². The second kappa shape index (κ2) is 5.51. The molecule has 2 rings (SSSR count). The molecular formula is C10H13BrN4S2. The van der Waals surface area contributed by atoms with E-state index in [9.17, 15) is 0 Å². The molecule has 0 fully saturated rings. The summed E-state index contributed by atoms with van der Waals surface area (Å²) in [4.78, 5) is 5.53. The lowest BCUT2D eigenvalue weighted by molar-refractivity contribution is 0.726. The van der Waals surface area contributed by atoms with Crippen molar-refractivity contribution in [3.05, 3.63) is 26.6 Å². The van der Waals surface area contributed by atoms with E-state index in [1.54, 1.807) is 23.1 Å². The quantitative estimate of drug-likeness (QED) is 0.844. The fraction of sp³-hybridized carbons (Fsp3) is 0.400. The summed E-state index contributed by atoms with van der Waals surface area (Å²) in [6.45, 7) is 3.89. The van der Waals surface area contributed by atoms with E-state index in [1.807, 2.05) is 19.9 Å². The predicted molar refractivity (Wildman–Crippen MR) is 75.4 cm³/mol. The second-order valence-corrected chi connectivity index (χ2v) is 7.35. The average Bonchev–Trinajstić information content (AvgIpc) is 2.83. The minimum absolute atomic E-state index is 0.0457. The molecule has 0 aliphatic rings. The van der Waals surface area contributed by atoms with E-state index in [0.29, 0.717) is 0 Å². The number of hydrogen-bond donors (Lipinski definition) is 2. The van der Waals surface area contributed by atoms with E-state index in [2.05, 4.69) is 37.2 Å². The van der Waals surface area contributed by atoms with Crippen molar-refractivity contribution in [3.63, 3.8) is 0 Å². The summed E-state index contributed by atoms with van der Waals surface area (Å²) in [6.07, 6.45) is 0. The molecule has 2 aromatic heterocycles. The molecule has 0 aliphatic carbocycles. The van der Waals surface area contributed by atoms with Gasteiger partial charge in [-0.25, -0.2) is 4.98 Å². The topological polar surface area (TPSA) is 67.6 Å². The van der Waals surface area contributed by atoms with Crippen LogP contribution >= 0.6 is 39.0 Å². The Labute approximate surface area is 117 Å². The van der Waals surface area contributed by atoms with Crippen LogP contribution in [0.5, 0.6) is 0 Å². The molecule has 0 aromatic carbocycles. The van der Waals surface area contributed by atoms with Crippen LogP contribution in [0, 0.1) is 6.92 Å². The Hall–Kier alpha value is -0.370. The van der Waals surface area contributed by atoms with Crippen LogP contribution in [0.4, 0.5) is 0 Å². The number of thiophene rings is 1. The molecule has 2 heterocycles. The summed E-state index contributed by atoms with van der Waals surface area (Å²) >= 11 is 6.77.